The smallest absolute Gasteiger partial charge is 0.254 e. The summed E-state index contributed by atoms with van der Waals surface area (Å²) in [4.78, 5) is 14.4. The lowest BCUT2D eigenvalue weighted by atomic mass is 9.95. The lowest BCUT2D eigenvalue weighted by Gasteiger charge is -2.33. The molecule has 1 atom stereocenters. The summed E-state index contributed by atoms with van der Waals surface area (Å²) in [5, 5.41) is 3.42. The summed E-state index contributed by atoms with van der Waals surface area (Å²) in [6, 6.07) is 8.02. The van der Waals surface area contributed by atoms with Gasteiger partial charge in [-0.3, -0.25) is 4.79 Å². The molecule has 1 unspecified atom stereocenters. The Morgan fingerprint density at radius 3 is 3.06 bits per heavy atom. The largest absolute Gasteiger partial charge is 0.338 e. The fraction of sp³-hybridized carbons (Fsp3) is 0.533. The van der Waals surface area contributed by atoms with Crippen LogP contribution in [0.25, 0.3) is 0 Å². The first kappa shape index (κ1) is 11.7. The summed E-state index contributed by atoms with van der Waals surface area (Å²) < 4.78 is 0. The molecule has 3 nitrogen and oxygen atoms in total. The molecule has 1 amide bonds. The van der Waals surface area contributed by atoms with E-state index in [1.807, 2.05) is 23.1 Å². The average Bonchev–Trinajstić information content (AvgIpc) is 2.43. The van der Waals surface area contributed by atoms with Gasteiger partial charge in [-0.2, -0.15) is 0 Å². The van der Waals surface area contributed by atoms with E-state index >= 15 is 0 Å². The van der Waals surface area contributed by atoms with E-state index in [-0.39, 0.29) is 5.91 Å². The average molecular weight is 244 g/mol. The maximum Gasteiger partial charge on any atom is 0.254 e. The number of carbonyl (C=O) groups is 1. The van der Waals surface area contributed by atoms with E-state index in [0.717, 1.165) is 38.2 Å². The molecule has 0 bridgehead atoms. The van der Waals surface area contributed by atoms with Crippen LogP contribution in [0, 0.1) is 5.92 Å². The van der Waals surface area contributed by atoms with Gasteiger partial charge in [-0.1, -0.05) is 18.2 Å². The van der Waals surface area contributed by atoms with Crippen LogP contribution in [0.15, 0.2) is 24.3 Å². The molecule has 18 heavy (non-hydrogen) atoms. The van der Waals surface area contributed by atoms with E-state index in [1.165, 1.54) is 18.4 Å². The highest BCUT2D eigenvalue weighted by atomic mass is 16.2. The zero-order chi connectivity index (χ0) is 12.4. The lowest BCUT2D eigenvalue weighted by Crippen LogP contribution is -2.44. The molecule has 1 aromatic rings. The van der Waals surface area contributed by atoms with E-state index in [0.29, 0.717) is 5.92 Å². The van der Waals surface area contributed by atoms with Gasteiger partial charge in [0.2, 0.25) is 0 Å². The minimum atomic E-state index is 0.224. The molecule has 1 aromatic carbocycles. The normalized spacial score (nSPS) is 23.9. The quantitative estimate of drug-likeness (QED) is 0.858. The number of nitrogens with one attached hydrogen (secondary N) is 1. The Bertz CT molecular complexity index is 438. The summed E-state index contributed by atoms with van der Waals surface area (Å²) in [6.45, 7) is 3.99. The first-order valence-electron chi connectivity index (χ1n) is 6.92. The van der Waals surface area contributed by atoms with Gasteiger partial charge in [0.05, 0.1) is 0 Å². The highest BCUT2D eigenvalue weighted by Crippen LogP contribution is 2.21. The van der Waals surface area contributed by atoms with E-state index < -0.39 is 0 Å². The minimum absolute atomic E-state index is 0.224. The van der Waals surface area contributed by atoms with Gasteiger partial charge in [0.15, 0.2) is 0 Å². The fourth-order valence-corrected chi connectivity index (χ4v) is 3.04. The highest BCUT2D eigenvalue weighted by Gasteiger charge is 2.26. The molecule has 0 aromatic heterocycles. The Morgan fingerprint density at radius 1 is 1.33 bits per heavy atom. The Kier molecular flexibility index (Phi) is 3.33. The molecule has 96 valence electrons. The number of piperidine rings is 1. The van der Waals surface area contributed by atoms with Gasteiger partial charge in [-0.25, -0.2) is 0 Å². The van der Waals surface area contributed by atoms with Gasteiger partial charge in [0.1, 0.15) is 0 Å². The fourth-order valence-electron chi connectivity index (χ4n) is 3.04. The first-order chi connectivity index (χ1) is 8.84. The van der Waals surface area contributed by atoms with Gasteiger partial charge in [0, 0.05) is 18.7 Å². The lowest BCUT2D eigenvalue weighted by molar-refractivity contribution is 0.0702. The zero-order valence-corrected chi connectivity index (χ0v) is 10.7. The van der Waals surface area contributed by atoms with Crippen LogP contribution >= 0.6 is 0 Å². The second-order valence-corrected chi connectivity index (χ2v) is 5.37. The predicted molar refractivity (Wildman–Crippen MR) is 71.6 cm³/mol. The summed E-state index contributed by atoms with van der Waals surface area (Å²) in [5.41, 5.74) is 2.12. The van der Waals surface area contributed by atoms with Crippen LogP contribution < -0.4 is 5.32 Å². The second-order valence-electron chi connectivity index (χ2n) is 5.37. The van der Waals surface area contributed by atoms with Crippen LogP contribution in [0.5, 0.6) is 0 Å². The Hall–Kier alpha value is -1.35. The topological polar surface area (TPSA) is 32.3 Å². The molecule has 0 spiro atoms. The first-order valence-corrected chi connectivity index (χ1v) is 6.92. The van der Waals surface area contributed by atoms with Gasteiger partial charge >= 0.3 is 0 Å². The molecular formula is C15H20N2O. The van der Waals surface area contributed by atoms with Crippen molar-refractivity contribution in [3.05, 3.63) is 35.4 Å². The molecule has 1 fully saturated rings. The maximum atomic E-state index is 12.4. The number of hydrogen-bond donors (Lipinski definition) is 1. The monoisotopic (exact) mass is 244 g/mol. The Labute approximate surface area is 108 Å². The molecule has 1 saturated heterocycles. The molecule has 0 saturated carbocycles. The summed E-state index contributed by atoms with van der Waals surface area (Å²) in [5.74, 6) is 0.857. The second kappa shape index (κ2) is 5.11. The van der Waals surface area contributed by atoms with Crippen molar-refractivity contribution in [2.45, 2.75) is 19.3 Å². The highest BCUT2D eigenvalue weighted by molar-refractivity contribution is 5.96. The molecule has 3 heteroatoms. The number of nitrogens with zero attached hydrogens (tertiary/aromatic N) is 1. The van der Waals surface area contributed by atoms with Crippen molar-refractivity contribution in [2.75, 3.05) is 26.2 Å². The van der Waals surface area contributed by atoms with E-state index in [1.54, 1.807) is 0 Å². The van der Waals surface area contributed by atoms with Crippen LogP contribution in [0.1, 0.15) is 28.8 Å². The SMILES string of the molecule is O=C1c2ccccc2CCN1CC1CCCNC1. The van der Waals surface area contributed by atoms with E-state index in [9.17, 15) is 4.79 Å². The zero-order valence-electron chi connectivity index (χ0n) is 10.7. The van der Waals surface area contributed by atoms with Crippen molar-refractivity contribution in [2.24, 2.45) is 5.92 Å². The van der Waals surface area contributed by atoms with Gasteiger partial charge in [-0.05, 0) is 49.9 Å². The summed E-state index contributed by atoms with van der Waals surface area (Å²) in [7, 11) is 0. The van der Waals surface area contributed by atoms with Crippen molar-refractivity contribution in [1.29, 1.82) is 0 Å². The van der Waals surface area contributed by atoms with E-state index in [4.69, 9.17) is 0 Å². The molecule has 2 heterocycles. The summed E-state index contributed by atoms with van der Waals surface area (Å²) in [6.07, 6.45) is 3.49. The minimum Gasteiger partial charge on any atom is -0.338 e. The van der Waals surface area contributed by atoms with Gasteiger partial charge in [0.25, 0.3) is 5.91 Å². The number of rotatable bonds is 2. The Balaban J connectivity index is 1.70. The molecule has 1 N–H and O–H groups in total. The van der Waals surface area contributed by atoms with Crippen LogP contribution in [-0.2, 0) is 6.42 Å². The third-order valence-electron chi connectivity index (χ3n) is 4.06. The van der Waals surface area contributed by atoms with Crippen LogP contribution in [0.2, 0.25) is 0 Å². The van der Waals surface area contributed by atoms with Gasteiger partial charge < -0.3 is 10.2 Å². The molecule has 2 aliphatic heterocycles. The number of hydrogen-bond acceptors (Lipinski definition) is 2. The van der Waals surface area contributed by atoms with Crippen molar-refractivity contribution < 1.29 is 4.79 Å². The van der Waals surface area contributed by atoms with Gasteiger partial charge in [-0.15, -0.1) is 0 Å². The molecule has 0 radical (unpaired) electrons. The van der Waals surface area contributed by atoms with Crippen molar-refractivity contribution in [1.82, 2.24) is 10.2 Å². The molecule has 2 aliphatic rings. The van der Waals surface area contributed by atoms with Crippen molar-refractivity contribution in [3.8, 4) is 0 Å². The predicted octanol–water partition coefficient (Wildman–Crippen LogP) is 1.68. The standard InChI is InChI=1S/C15H20N2O/c18-15-14-6-2-1-5-13(14)7-9-17(15)11-12-4-3-8-16-10-12/h1-2,5-6,12,16H,3-4,7-11H2. The Morgan fingerprint density at radius 2 is 2.22 bits per heavy atom. The number of fused-ring (bicyclic) bond motifs is 1. The molecule has 0 aliphatic carbocycles. The number of amides is 1. The maximum absolute atomic E-state index is 12.4. The molecular weight excluding hydrogens is 224 g/mol. The van der Waals surface area contributed by atoms with E-state index in [2.05, 4.69) is 11.4 Å². The molecule has 3 rings (SSSR count). The third-order valence-corrected chi connectivity index (χ3v) is 4.06. The summed E-state index contributed by atoms with van der Waals surface area (Å²) >= 11 is 0. The number of benzene rings is 1. The van der Waals surface area contributed by atoms with Crippen molar-refractivity contribution in [3.63, 3.8) is 0 Å². The van der Waals surface area contributed by atoms with Crippen molar-refractivity contribution >= 4 is 5.91 Å². The third kappa shape index (κ3) is 2.27. The number of carbonyl (C=O) groups excluding carboxylic acids is 1. The van der Waals surface area contributed by atoms with Crippen LogP contribution in [-0.4, -0.2) is 37.0 Å². The van der Waals surface area contributed by atoms with Crippen LogP contribution in [0.4, 0.5) is 0 Å². The van der Waals surface area contributed by atoms with Crippen LogP contribution in [0.3, 0.4) is 0 Å².